The van der Waals surface area contributed by atoms with E-state index < -0.39 is 34.5 Å². The van der Waals surface area contributed by atoms with E-state index in [0.29, 0.717) is 0 Å². The first-order chi connectivity index (χ1) is 12.3. The van der Waals surface area contributed by atoms with Gasteiger partial charge in [0.15, 0.2) is 0 Å². The van der Waals surface area contributed by atoms with Gasteiger partial charge in [-0.05, 0) is 34.2 Å². The van der Waals surface area contributed by atoms with Gasteiger partial charge in [-0.1, -0.05) is 0 Å². The lowest BCUT2D eigenvalue weighted by Crippen LogP contribution is -2.41. The van der Waals surface area contributed by atoms with E-state index in [0.717, 1.165) is 18.3 Å². The fourth-order valence-corrected chi connectivity index (χ4v) is 2.01. The number of imidazole rings is 1. The number of carbonyl (C=O) groups is 2. The number of carbonyl (C=O) groups excluding carboxylic acids is 1. The summed E-state index contributed by atoms with van der Waals surface area (Å²) in [4.78, 5) is 36.8. The van der Waals surface area contributed by atoms with E-state index in [9.17, 15) is 24.1 Å². The molecule has 0 aliphatic carbocycles. The Kier molecular flexibility index (Phi) is 5.83. The number of nitrogens with one attached hydrogen (secondary N) is 1. The summed E-state index contributed by atoms with van der Waals surface area (Å²) in [6.07, 6.45) is -0.277. The molecule has 0 aliphatic rings. The minimum absolute atomic E-state index is 0.133. The number of nitro groups is 1. The molecule has 0 aliphatic heterocycles. The highest BCUT2D eigenvalue weighted by Crippen LogP contribution is 2.13. The lowest BCUT2D eigenvalue weighted by molar-refractivity contribution is -0.389. The maximum Gasteiger partial charge on any atom is 0.381 e. The summed E-state index contributed by atoms with van der Waals surface area (Å²) < 4.78 is 19.3. The molecule has 138 valence electrons. The number of halogens is 1. The highest BCUT2D eigenvalue weighted by molar-refractivity contribution is 5.78. The van der Waals surface area contributed by atoms with E-state index >= 15 is 0 Å². The number of rotatable bonds is 8. The number of nitrogens with zero attached hydrogens (tertiary/aromatic N) is 3. The standard InChI is InChI=1S/C15H15FN4O6/c1-9-18-13(20(24)25)7-19(9)8-14(21)17-6-12(15(22)23)26-11-4-2-10(16)3-5-11/h2-5,7,12H,6,8H2,1H3,(H,17,21)(H,22,23). The van der Waals surface area contributed by atoms with Crippen molar-refractivity contribution in [1.82, 2.24) is 14.9 Å². The largest absolute Gasteiger partial charge is 0.478 e. The van der Waals surface area contributed by atoms with Gasteiger partial charge in [0.25, 0.3) is 0 Å². The molecular formula is C15H15FN4O6. The van der Waals surface area contributed by atoms with Crippen LogP contribution in [0.1, 0.15) is 5.82 Å². The van der Waals surface area contributed by atoms with E-state index in [1.54, 1.807) is 0 Å². The number of amides is 1. The molecule has 1 heterocycles. The monoisotopic (exact) mass is 366 g/mol. The Hall–Kier alpha value is -3.50. The van der Waals surface area contributed by atoms with Gasteiger partial charge in [0.05, 0.1) is 6.54 Å². The Morgan fingerprint density at radius 3 is 2.62 bits per heavy atom. The second-order valence-corrected chi connectivity index (χ2v) is 5.23. The smallest absolute Gasteiger partial charge is 0.381 e. The summed E-state index contributed by atoms with van der Waals surface area (Å²) in [7, 11) is 0. The van der Waals surface area contributed by atoms with Gasteiger partial charge in [-0.15, -0.1) is 0 Å². The van der Waals surface area contributed by atoms with Gasteiger partial charge in [0, 0.05) is 6.92 Å². The van der Waals surface area contributed by atoms with Crippen molar-refractivity contribution >= 4 is 17.7 Å². The van der Waals surface area contributed by atoms with Gasteiger partial charge in [0.1, 0.15) is 24.3 Å². The van der Waals surface area contributed by atoms with Crippen molar-refractivity contribution in [2.75, 3.05) is 6.54 Å². The number of carboxylic acids is 1. The van der Waals surface area contributed by atoms with Gasteiger partial charge in [-0.25, -0.2) is 9.18 Å². The maximum atomic E-state index is 12.8. The summed E-state index contributed by atoms with van der Waals surface area (Å²) in [6, 6.07) is 4.76. The zero-order chi connectivity index (χ0) is 19.3. The molecule has 2 aromatic rings. The van der Waals surface area contributed by atoms with Crippen LogP contribution < -0.4 is 10.1 Å². The van der Waals surface area contributed by atoms with Gasteiger partial charge >= 0.3 is 11.8 Å². The third kappa shape index (κ3) is 5.00. The second kappa shape index (κ2) is 8.05. The molecule has 2 rings (SSSR count). The number of carboxylic acid groups (broad SMARTS) is 1. The number of aromatic nitrogens is 2. The summed E-state index contributed by atoms with van der Waals surface area (Å²) in [5, 5.41) is 22.2. The van der Waals surface area contributed by atoms with Crippen LogP contribution in [-0.4, -0.2) is 44.1 Å². The van der Waals surface area contributed by atoms with Gasteiger partial charge < -0.3 is 25.3 Å². The first-order valence-electron chi connectivity index (χ1n) is 7.36. The lowest BCUT2D eigenvalue weighted by Gasteiger charge is -2.16. The highest BCUT2D eigenvalue weighted by Gasteiger charge is 2.22. The van der Waals surface area contributed by atoms with Crippen LogP contribution in [0.15, 0.2) is 30.5 Å². The Labute approximate surface area is 146 Å². The Morgan fingerprint density at radius 1 is 1.42 bits per heavy atom. The molecule has 10 nitrogen and oxygen atoms in total. The van der Waals surface area contributed by atoms with Crippen molar-refractivity contribution in [3.8, 4) is 5.75 Å². The van der Waals surface area contributed by atoms with Crippen LogP contribution >= 0.6 is 0 Å². The van der Waals surface area contributed by atoms with Crippen LogP contribution in [0, 0.1) is 22.9 Å². The summed E-state index contributed by atoms with van der Waals surface area (Å²) >= 11 is 0. The van der Waals surface area contributed by atoms with E-state index in [2.05, 4.69) is 10.3 Å². The van der Waals surface area contributed by atoms with Crippen molar-refractivity contribution in [1.29, 1.82) is 0 Å². The molecule has 0 fully saturated rings. The normalized spacial score (nSPS) is 11.6. The number of ether oxygens (including phenoxy) is 1. The third-order valence-electron chi connectivity index (χ3n) is 3.32. The molecule has 2 N–H and O–H groups in total. The molecule has 0 saturated carbocycles. The fraction of sp³-hybridized carbons (Fsp3) is 0.267. The zero-order valence-corrected chi connectivity index (χ0v) is 13.6. The second-order valence-electron chi connectivity index (χ2n) is 5.23. The molecule has 1 aromatic carbocycles. The Bertz CT molecular complexity index is 820. The molecule has 1 atom stereocenters. The minimum Gasteiger partial charge on any atom is -0.478 e. The van der Waals surface area contributed by atoms with Crippen molar-refractivity contribution in [2.45, 2.75) is 19.6 Å². The van der Waals surface area contributed by atoms with Crippen LogP contribution in [0.4, 0.5) is 10.2 Å². The molecule has 1 aromatic heterocycles. The number of hydrogen-bond donors (Lipinski definition) is 2. The van der Waals surface area contributed by atoms with Gasteiger partial charge in [-0.3, -0.25) is 9.36 Å². The van der Waals surface area contributed by atoms with Crippen molar-refractivity contribution in [2.24, 2.45) is 0 Å². The topological polar surface area (TPSA) is 137 Å². The summed E-state index contributed by atoms with van der Waals surface area (Å²) in [6.45, 7) is 0.884. The number of benzene rings is 1. The maximum absolute atomic E-state index is 12.8. The predicted molar refractivity (Wildman–Crippen MR) is 85.1 cm³/mol. The van der Waals surface area contributed by atoms with Gasteiger partial charge in [-0.2, -0.15) is 0 Å². The molecular weight excluding hydrogens is 351 g/mol. The van der Waals surface area contributed by atoms with Crippen LogP contribution in [0.3, 0.4) is 0 Å². The molecule has 0 saturated heterocycles. The lowest BCUT2D eigenvalue weighted by atomic mass is 10.3. The molecule has 1 amide bonds. The average molecular weight is 366 g/mol. The SMILES string of the molecule is Cc1nc([N+](=O)[O-])cn1CC(=O)NCC(Oc1ccc(F)cc1)C(=O)O. The van der Waals surface area contributed by atoms with Crippen LogP contribution in [0.2, 0.25) is 0 Å². The molecule has 1 unspecified atom stereocenters. The van der Waals surface area contributed by atoms with Crippen LogP contribution in [0.25, 0.3) is 0 Å². The summed E-state index contributed by atoms with van der Waals surface area (Å²) in [5.74, 6) is -2.38. The third-order valence-corrected chi connectivity index (χ3v) is 3.32. The average Bonchev–Trinajstić information content (AvgIpc) is 2.94. The summed E-state index contributed by atoms with van der Waals surface area (Å²) in [5.41, 5.74) is 0. The molecule has 0 radical (unpaired) electrons. The quantitative estimate of drug-likeness (QED) is 0.523. The minimum atomic E-state index is -1.39. The van der Waals surface area contributed by atoms with E-state index in [-0.39, 0.29) is 24.7 Å². The molecule has 26 heavy (non-hydrogen) atoms. The first-order valence-corrected chi connectivity index (χ1v) is 7.36. The fourth-order valence-electron chi connectivity index (χ4n) is 2.01. The predicted octanol–water partition coefficient (Wildman–Crippen LogP) is 0.887. The Balaban J connectivity index is 1.93. The molecule has 11 heteroatoms. The number of aliphatic carboxylic acids is 1. The van der Waals surface area contributed by atoms with Crippen molar-refractivity contribution in [3.05, 3.63) is 52.2 Å². The van der Waals surface area contributed by atoms with Crippen molar-refractivity contribution < 1.29 is 28.7 Å². The van der Waals surface area contributed by atoms with Crippen molar-refractivity contribution in [3.63, 3.8) is 0 Å². The molecule has 0 bridgehead atoms. The number of hydrogen-bond acceptors (Lipinski definition) is 6. The molecule has 0 spiro atoms. The number of aryl methyl sites for hydroxylation is 1. The van der Waals surface area contributed by atoms with Crippen LogP contribution in [-0.2, 0) is 16.1 Å². The first kappa shape index (κ1) is 18.8. The van der Waals surface area contributed by atoms with Crippen LogP contribution in [0.5, 0.6) is 5.75 Å². The zero-order valence-electron chi connectivity index (χ0n) is 13.6. The highest BCUT2D eigenvalue weighted by atomic mass is 19.1. The van der Waals surface area contributed by atoms with E-state index in [1.807, 2.05) is 0 Å². The van der Waals surface area contributed by atoms with E-state index in [4.69, 9.17) is 9.84 Å². The van der Waals surface area contributed by atoms with Gasteiger partial charge in [0.2, 0.25) is 17.8 Å². The Morgan fingerprint density at radius 2 is 2.08 bits per heavy atom. The van der Waals surface area contributed by atoms with E-state index in [1.165, 1.54) is 23.6 Å².